The van der Waals surface area contributed by atoms with Crippen molar-refractivity contribution >= 4 is 0 Å². The van der Waals surface area contributed by atoms with Gasteiger partial charge in [-0.15, -0.1) is 0 Å². The van der Waals surface area contributed by atoms with Gasteiger partial charge in [-0.25, -0.2) is 4.98 Å². The van der Waals surface area contributed by atoms with Gasteiger partial charge >= 0.3 is 0 Å². The zero-order valence-corrected chi connectivity index (χ0v) is 14.5. The number of hydrogen-bond donors (Lipinski definition) is 0. The van der Waals surface area contributed by atoms with Gasteiger partial charge in [0.15, 0.2) is 0 Å². The van der Waals surface area contributed by atoms with Gasteiger partial charge in [-0.1, -0.05) is 91.0 Å². The van der Waals surface area contributed by atoms with Crippen molar-refractivity contribution in [3.8, 4) is 22.5 Å². The normalized spacial score (nSPS) is 10.8. The molecule has 0 fully saturated rings. The first-order valence-corrected chi connectivity index (χ1v) is 8.69. The molecule has 26 heavy (non-hydrogen) atoms. The van der Waals surface area contributed by atoms with Gasteiger partial charge in [0.25, 0.3) is 0 Å². The fourth-order valence-electron chi connectivity index (χ4n) is 3.02. The number of rotatable bonds is 6. The van der Waals surface area contributed by atoms with Crippen molar-refractivity contribution in [1.82, 2.24) is 9.55 Å². The van der Waals surface area contributed by atoms with Crippen LogP contribution in [0.15, 0.2) is 97.3 Å². The molecule has 0 saturated heterocycles. The van der Waals surface area contributed by atoms with Crippen LogP contribution in [-0.4, -0.2) is 9.55 Å². The molecule has 0 spiro atoms. The molecule has 0 bridgehead atoms. The van der Waals surface area contributed by atoms with Crippen LogP contribution in [0, 0.1) is 0 Å². The summed E-state index contributed by atoms with van der Waals surface area (Å²) in [6, 6.07) is 30.8. The van der Waals surface area contributed by atoms with E-state index in [2.05, 4.69) is 45.9 Å². The first-order chi connectivity index (χ1) is 12.9. The Hall–Kier alpha value is -3.17. The Bertz CT molecular complexity index is 947. The van der Waals surface area contributed by atoms with Crippen LogP contribution in [0.1, 0.15) is 5.56 Å². The van der Waals surface area contributed by atoms with Crippen molar-refractivity contribution in [2.45, 2.75) is 13.3 Å². The van der Waals surface area contributed by atoms with Gasteiger partial charge in [0.1, 0.15) is 6.73 Å². The standard InChI is InChI=1S/C23H20N2O/c1-4-10-19(11-5-1)16-26-18-25-17-24-22(20-12-6-2-7-13-20)23(25)21-14-8-3-9-15-21/h1-15,17H,16,18H2. The van der Waals surface area contributed by atoms with E-state index in [4.69, 9.17) is 4.74 Å². The number of aromatic nitrogens is 2. The zero-order valence-electron chi connectivity index (χ0n) is 14.5. The SMILES string of the molecule is c1ccc(COCn2cnc(-c3ccccc3)c2-c2ccccc2)cc1. The highest BCUT2D eigenvalue weighted by atomic mass is 16.5. The van der Waals surface area contributed by atoms with Crippen LogP contribution in [0.25, 0.3) is 22.5 Å². The summed E-state index contributed by atoms with van der Waals surface area (Å²) in [5, 5.41) is 0. The highest BCUT2D eigenvalue weighted by Crippen LogP contribution is 2.31. The van der Waals surface area contributed by atoms with Crippen molar-refractivity contribution in [2.24, 2.45) is 0 Å². The molecule has 3 heteroatoms. The molecule has 4 aromatic rings. The summed E-state index contributed by atoms with van der Waals surface area (Å²) in [5.74, 6) is 0. The molecule has 4 rings (SSSR count). The minimum Gasteiger partial charge on any atom is -0.356 e. The summed E-state index contributed by atoms with van der Waals surface area (Å²) >= 11 is 0. The lowest BCUT2D eigenvalue weighted by Gasteiger charge is -2.11. The largest absolute Gasteiger partial charge is 0.356 e. The van der Waals surface area contributed by atoms with Gasteiger partial charge in [-0.2, -0.15) is 0 Å². The maximum Gasteiger partial charge on any atom is 0.124 e. The molecule has 3 nitrogen and oxygen atoms in total. The van der Waals surface area contributed by atoms with Crippen LogP contribution in [0.4, 0.5) is 0 Å². The quantitative estimate of drug-likeness (QED) is 0.470. The Morgan fingerprint density at radius 2 is 1.27 bits per heavy atom. The molecule has 0 aliphatic carbocycles. The fourth-order valence-corrected chi connectivity index (χ4v) is 3.02. The Morgan fingerprint density at radius 1 is 0.692 bits per heavy atom. The molecule has 1 heterocycles. The van der Waals surface area contributed by atoms with Crippen molar-refractivity contribution in [3.05, 3.63) is 103 Å². The van der Waals surface area contributed by atoms with E-state index in [0.29, 0.717) is 13.3 Å². The second kappa shape index (κ2) is 7.81. The summed E-state index contributed by atoms with van der Waals surface area (Å²) in [6.45, 7) is 1.03. The van der Waals surface area contributed by atoms with E-state index in [-0.39, 0.29) is 0 Å². The molecule has 0 saturated carbocycles. The molecule has 0 aliphatic rings. The van der Waals surface area contributed by atoms with E-state index in [1.807, 2.05) is 60.9 Å². The monoisotopic (exact) mass is 340 g/mol. The molecule has 3 aromatic carbocycles. The lowest BCUT2D eigenvalue weighted by molar-refractivity contribution is 0.0649. The highest BCUT2D eigenvalue weighted by Gasteiger charge is 2.14. The van der Waals surface area contributed by atoms with Crippen molar-refractivity contribution in [3.63, 3.8) is 0 Å². The topological polar surface area (TPSA) is 27.1 Å². The van der Waals surface area contributed by atoms with Crippen LogP contribution in [-0.2, 0) is 18.1 Å². The van der Waals surface area contributed by atoms with E-state index in [9.17, 15) is 0 Å². The predicted octanol–water partition coefficient (Wildman–Crippen LogP) is 5.39. The average molecular weight is 340 g/mol. The molecular weight excluding hydrogens is 320 g/mol. The molecule has 0 aliphatic heterocycles. The number of imidazole rings is 1. The maximum atomic E-state index is 5.94. The van der Waals surface area contributed by atoms with Crippen molar-refractivity contribution in [1.29, 1.82) is 0 Å². The van der Waals surface area contributed by atoms with Gasteiger partial charge in [0, 0.05) is 11.1 Å². The minimum atomic E-state index is 0.457. The number of nitrogens with zero attached hydrogens (tertiary/aromatic N) is 2. The smallest absolute Gasteiger partial charge is 0.124 e. The molecule has 0 N–H and O–H groups in total. The van der Waals surface area contributed by atoms with Crippen molar-refractivity contribution in [2.75, 3.05) is 0 Å². The van der Waals surface area contributed by atoms with Gasteiger partial charge in [-0.3, -0.25) is 0 Å². The third-order valence-corrected chi connectivity index (χ3v) is 4.27. The van der Waals surface area contributed by atoms with Gasteiger partial charge < -0.3 is 9.30 Å². The molecular formula is C23H20N2O. The fraction of sp³-hybridized carbons (Fsp3) is 0.0870. The second-order valence-corrected chi connectivity index (χ2v) is 6.11. The van der Waals surface area contributed by atoms with Crippen LogP contribution in [0.5, 0.6) is 0 Å². The summed E-state index contributed by atoms with van der Waals surface area (Å²) < 4.78 is 8.01. The number of benzene rings is 3. The molecule has 0 radical (unpaired) electrons. The Labute approximate surface area is 153 Å². The van der Waals surface area contributed by atoms with Gasteiger partial charge in [0.2, 0.25) is 0 Å². The Balaban J connectivity index is 1.63. The zero-order chi connectivity index (χ0) is 17.6. The third kappa shape index (κ3) is 3.58. The molecule has 0 unspecified atom stereocenters. The molecule has 1 aromatic heterocycles. The Kier molecular flexibility index (Phi) is 4.90. The van der Waals surface area contributed by atoms with Crippen molar-refractivity contribution < 1.29 is 4.74 Å². The number of ether oxygens (including phenoxy) is 1. The average Bonchev–Trinajstić information content (AvgIpc) is 3.14. The van der Waals surface area contributed by atoms with E-state index in [0.717, 1.165) is 28.1 Å². The lowest BCUT2D eigenvalue weighted by atomic mass is 10.0. The van der Waals surface area contributed by atoms with Crippen LogP contribution < -0.4 is 0 Å². The number of hydrogen-bond acceptors (Lipinski definition) is 2. The van der Waals surface area contributed by atoms with Crippen LogP contribution in [0.2, 0.25) is 0 Å². The molecule has 0 amide bonds. The highest BCUT2D eigenvalue weighted by molar-refractivity contribution is 5.78. The molecule has 0 atom stereocenters. The summed E-state index contributed by atoms with van der Waals surface area (Å²) in [5.41, 5.74) is 5.45. The summed E-state index contributed by atoms with van der Waals surface area (Å²) in [7, 11) is 0. The minimum absolute atomic E-state index is 0.457. The van der Waals surface area contributed by atoms with E-state index in [1.54, 1.807) is 0 Å². The maximum absolute atomic E-state index is 5.94. The van der Waals surface area contributed by atoms with Gasteiger partial charge in [0.05, 0.1) is 24.3 Å². The molecule has 128 valence electrons. The first-order valence-electron chi connectivity index (χ1n) is 8.69. The second-order valence-electron chi connectivity index (χ2n) is 6.11. The van der Waals surface area contributed by atoms with Gasteiger partial charge in [-0.05, 0) is 5.56 Å². The third-order valence-electron chi connectivity index (χ3n) is 4.27. The van der Waals surface area contributed by atoms with E-state index < -0.39 is 0 Å². The first kappa shape index (κ1) is 16.3. The summed E-state index contributed by atoms with van der Waals surface area (Å²) in [4.78, 5) is 4.67. The van der Waals surface area contributed by atoms with Crippen LogP contribution >= 0.6 is 0 Å². The lowest BCUT2D eigenvalue weighted by Crippen LogP contribution is -2.03. The van der Waals surface area contributed by atoms with E-state index >= 15 is 0 Å². The van der Waals surface area contributed by atoms with Crippen LogP contribution in [0.3, 0.4) is 0 Å². The Morgan fingerprint density at radius 3 is 1.92 bits per heavy atom. The van der Waals surface area contributed by atoms with E-state index in [1.165, 1.54) is 0 Å². The summed E-state index contributed by atoms with van der Waals surface area (Å²) in [6.07, 6.45) is 1.86. The predicted molar refractivity (Wildman–Crippen MR) is 104 cm³/mol.